The zero-order valence-corrected chi connectivity index (χ0v) is 21.6. The molecule has 176 valence electrons. The molecular weight excluding hydrogens is 486 g/mol. The Labute approximate surface area is 212 Å². The molecule has 1 saturated heterocycles. The van der Waals surface area contributed by atoms with E-state index in [0.29, 0.717) is 21.7 Å². The minimum absolute atomic E-state index is 0.287. The maximum Gasteiger partial charge on any atom is 0.343 e. The molecule has 0 bridgehead atoms. The molecule has 0 aliphatic carbocycles. The van der Waals surface area contributed by atoms with E-state index >= 15 is 0 Å². The average Bonchev–Trinajstić information content (AvgIpc) is 2.81. The monoisotopic (exact) mass is 512 g/mol. The molecule has 0 aromatic heterocycles. The summed E-state index contributed by atoms with van der Waals surface area (Å²) in [5.74, 6) is 6.66. The van der Waals surface area contributed by atoms with Gasteiger partial charge in [0.15, 0.2) is 0 Å². The highest BCUT2D eigenvalue weighted by molar-refractivity contribution is 7.27. The molecule has 3 aromatic rings. The lowest BCUT2D eigenvalue weighted by atomic mass is 9.85. The van der Waals surface area contributed by atoms with Gasteiger partial charge in [-0.15, -0.1) is 9.24 Å². The Morgan fingerprint density at radius 1 is 1.03 bits per heavy atom. The Balaban J connectivity index is 1.79. The summed E-state index contributed by atoms with van der Waals surface area (Å²) in [6.45, 7) is 4.19. The molecule has 8 heteroatoms. The Morgan fingerprint density at radius 3 is 2.50 bits per heavy atom. The number of amides is 2. The van der Waals surface area contributed by atoms with Gasteiger partial charge in [-0.05, 0) is 79.0 Å². The molecule has 0 radical (unpaired) electrons. The summed E-state index contributed by atoms with van der Waals surface area (Å²) < 4.78 is 0. The van der Waals surface area contributed by atoms with E-state index in [-0.39, 0.29) is 12.6 Å². The highest BCUT2D eigenvalue weighted by Gasteiger charge is 2.35. The summed E-state index contributed by atoms with van der Waals surface area (Å²) in [6.07, 6.45) is 2.08. The number of para-hydroxylation sites is 1. The van der Waals surface area contributed by atoms with Gasteiger partial charge in [0.25, 0.3) is 0 Å². The van der Waals surface area contributed by atoms with Gasteiger partial charge in [0, 0.05) is 16.1 Å². The average molecular weight is 513 g/mol. The number of halogens is 2. The zero-order chi connectivity index (χ0) is 24.0. The molecule has 3 N–H and O–H groups in total. The first-order valence-electron chi connectivity index (χ1n) is 11.4. The number of piperidine rings is 1. The number of hydrazine groups is 1. The van der Waals surface area contributed by atoms with Crippen LogP contribution in [0.4, 0.5) is 16.2 Å². The van der Waals surface area contributed by atoms with Crippen molar-refractivity contribution in [2.24, 2.45) is 5.84 Å². The number of carbonyl (C=O) groups excluding carboxylic acids is 1. The number of nitrogens with one attached hydrogen (secondary N) is 1. The quantitative estimate of drug-likeness (QED) is 0.261. The minimum atomic E-state index is -0.302. The van der Waals surface area contributed by atoms with E-state index in [9.17, 15) is 4.79 Å². The molecule has 2 heterocycles. The van der Waals surface area contributed by atoms with Gasteiger partial charge in [-0.25, -0.2) is 10.6 Å². The molecule has 3 aromatic carbocycles. The number of nitrogens with zero attached hydrogens (tertiary/aromatic N) is 2. The summed E-state index contributed by atoms with van der Waals surface area (Å²) in [7, 11) is 2.68. The van der Waals surface area contributed by atoms with Crippen molar-refractivity contribution in [3.8, 4) is 11.1 Å². The second kappa shape index (κ2) is 9.49. The molecule has 1 atom stereocenters. The third-order valence-corrected chi connectivity index (χ3v) is 7.74. The smallest absolute Gasteiger partial charge is 0.317 e. The van der Waals surface area contributed by atoms with Crippen LogP contribution in [0.5, 0.6) is 0 Å². The fourth-order valence-electron chi connectivity index (χ4n) is 5.02. The number of anilines is 2. The van der Waals surface area contributed by atoms with Gasteiger partial charge in [0.1, 0.15) is 0 Å². The number of aryl methyl sites for hydroxylation is 1. The van der Waals surface area contributed by atoms with E-state index in [1.165, 1.54) is 10.6 Å². The SMILES string of the molecule is Cc1cccc(Cl)c1N1C(=O)N(N)Cc2c(-c3ccc(P)cc3Cl)cc(C3CCNCC3)cc21. The van der Waals surface area contributed by atoms with E-state index in [4.69, 9.17) is 29.0 Å². The number of fused-ring (bicyclic) bond motifs is 1. The number of benzene rings is 3. The predicted octanol–water partition coefficient (Wildman–Crippen LogP) is 5.88. The Kier molecular flexibility index (Phi) is 6.58. The van der Waals surface area contributed by atoms with Crippen LogP contribution >= 0.6 is 32.4 Å². The third kappa shape index (κ3) is 4.21. The van der Waals surface area contributed by atoms with Crippen LogP contribution in [0.1, 0.15) is 35.4 Å². The van der Waals surface area contributed by atoms with Gasteiger partial charge in [-0.3, -0.25) is 9.91 Å². The molecular formula is C26H27Cl2N4OP. The van der Waals surface area contributed by atoms with Crippen molar-refractivity contribution in [1.29, 1.82) is 0 Å². The summed E-state index contributed by atoms with van der Waals surface area (Å²) in [4.78, 5) is 15.1. The number of hydrogen-bond donors (Lipinski definition) is 2. The van der Waals surface area contributed by atoms with Crippen LogP contribution < -0.4 is 21.4 Å². The molecule has 1 fully saturated rings. The van der Waals surface area contributed by atoms with E-state index in [1.54, 1.807) is 11.0 Å². The minimum Gasteiger partial charge on any atom is -0.317 e. The standard InChI is InChI=1S/C26H27Cl2N4OP/c1-15-3-2-4-22(27)25(15)32-24-12-17(16-7-9-30-10-8-16)11-20(21(24)14-31(29)26(32)33)19-6-5-18(34)13-23(19)28/h2-6,11-13,16,30H,7-10,14,29,34H2,1H3. The maximum atomic E-state index is 13.5. The fraction of sp³-hybridized carbons (Fsp3) is 0.269. The maximum absolute atomic E-state index is 13.5. The van der Waals surface area contributed by atoms with Gasteiger partial charge in [-0.2, -0.15) is 0 Å². The first-order valence-corrected chi connectivity index (χ1v) is 12.7. The lowest BCUT2D eigenvalue weighted by Gasteiger charge is -2.38. The lowest BCUT2D eigenvalue weighted by Crippen LogP contribution is -2.49. The van der Waals surface area contributed by atoms with Gasteiger partial charge in [0.05, 0.1) is 22.9 Å². The molecule has 5 rings (SSSR count). The van der Waals surface area contributed by atoms with E-state index in [0.717, 1.165) is 59.2 Å². The van der Waals surface area contributed by atoms with Gasteiger partial charge in [-0.1, -0.05) is 53.5 Å². The van der Waals surface area contributed by atoms with E-state index in [1.807, 2.05) is 37.3 Å². The van der Waals surface area contributed by atoms with E-state index < -0.39 is 0 Å². The molecule has 2 aliphatic heterocycles. The number of urea groups is 1. The normalized spacial score (nSPS) is 16.7. The zero-order valence-electron chi connectivity index (χ0n) is 18.9. The highest BCUT2D eigenvalue weighted by Crippen LogP contribution is 2.46. The molecule has 2 aliphatic rings. The number of hydrogen-bond acceptors (Lipinski definition) is 3. The van der Waals surface area contributed by atoms with Crippen molar-refractivity contribution in [1.82, 2.24) is 10.3 Å². The first-order chi connectivity index (χ1) is 16.3. The Hall–Kier alpha value is -2.14. The van der Waals surface area contributed by atoms with Crippen molar-refractivity contribution in [2.75, 3.05) is 18.0 Å². The largest absolute Gasteiger partial charge is 0.343 e. The van der Waals surface area contributed by atoms with Crippen molar-refractivity contribution in [3.63, 3.8) is 0 Å². The van der Waals surface area contributed by atoms with Crippen LogP contribution in [0, 0.1) is 6.92 Å². The summed E-state index contributed by atoms with van der Waals surface area (Å²) in [6, 6.07) is 15.7. The van der Waals surface area contributed by atoms with Gasteiger partial charge in [0.2, 0.25) is 0 Å². The fourth-order valence-corrected chi connectivity index (χ4v) is 5.98. The van der Waals surface area contributed by atoms with Crippen molar-refractivity contribution < 1.29 is 4.79 Å². The predicted molar refractivity (Wildman–Crippen MR) is 145 cm³/mol. The number of nitrogens with two attached hydrogens (primary N) is 1. The summed E-state index contributed by atoms with van der Waals surface area (Å²) in [5.41, 5.74) is 6.47. The summed E-state index contributed by atoms with van der Waals surface area (Å²) in [5, 5.41) is 6.88. The highest BCUT2D eigenvalue weighted by atomic mass is 35.5. The molecule has 2 amide bonds. The Bertz CT molecular complexity index is 1260. The van der Waals surface area contributed by atoms with Gasteiger partial charge >= 0.3 is 6.03 Å². The van der Waals surface area contributed by atoms with Crippen molar-refractivity contribution in [3.05, 3.63) is 75.3 Å². The Morgan fingerprint density at radius 2 is 1.79 bits per heavy atom. The van der Waals surface area contributed by atoms with Crippen LogP contribution in [0.15, 0.2) is 48.5 Å². The molecule has 1 unspecified atom stereocenters. The first kappa shape index (κ1) is 23.6. The second-order valence-corrected chi connectivity index (χ2v) is 10.5. The number of rotatable bonds is 3. The molecule has 34 heavy (non-hydrogen) atoms. The van der Waals surface area contributed by atoms with Crippen LogP contribution in [-0.4, -0.2) is 24.1 Å². The second-order valence-electron chi connectivity index (χ2n) is 8.98. The third-order valence-electron chi connectivity index (χ3n) is 6.76. The van der Waals surface area contributed by atoms with Crippen LogP contribution in [-0.2, 0) is 6.54 Å². The lowest BCUT2D eigenvalue weighted by molar-refractivity contribution is 0.203. The molecule has 0 spiro atoms. The molecule has 5 nitrogen and oxygen atoms in total. The van der Waals surface area contributed by atoms with Crippen LogP contribution in [0.2, 0.25) is 10.0 Å². The van der Waals surface area contributed by atoms with Gasteiger partial charge < -0.3 is 5.32 Å². The number of carbonyl (C=O) groups is 1. The van der Waals surface area contributed by atoms with Crippen molar-refractivity contribution in [2.45, 2.75) is 32.2 Å². The van der Waals surface area contributed by atoms with Crippen LogP contribution in [0.25, 0.3) is 11.1 Å². The van der Waals surface area contributed by atoms with Crippen LogP contribution in [0.3, 0.4) is 0 Å². The van der Waals surface area contributed by atoms with E-state index in [2.05, 4.69) is 26.7 Å². The topological polar surface area (TPSA) is 61.6 Å². The summed E-state index contributed by atoms with van der Waals surface area (Å²) >= 11 is 13.4. The van der Waals surface area contributed by atoms with Crippen molar-refractivity contribution >= 4 is 55.2 Å². The molecule has 0 saturated carbocycles.